The Kier molecular flexibility index (Phi) is 7.61. The first kappa shape index (κ1) is 24.7. The van der Waals surface area contributed by atoms with Gasteiger partial charge in [0.05, 0.1) is 24.9 Å². The first-order valence-corrected chi connectivity index (χ1v) is 12.7. The standard InChI is InChI=1S/C30H32N4O3/c1-36-27-15-25-26(17-28(27)37-18-20-11-13-32-14-12-20)33-19-34-30(25)23-9-7-22(8-10-23)24(16-29(31)35)21-5-3-2-4-6-21/h2-10,15,17,19-20,24,32H,11-14,16,18H2,1H3,(H2,31,35). The van der Waals surface area contributed by atoms with E-state index in [0.29, 0.717) is 24.0 Å². The van der Waals surface area contributed by atoms with Gasteiger partial charge in [-0.15, -0.1) is 0 Å². The summed E-state index contributed by atoms with van der Waals surface area (Å²) in [4.78, 5) is 20.9. The van der Waals surface area contributed by atoms with E-state index in [0.717, 1.165) is 59.2 Å². The molecule has 1 saturated heterocycles. The molecule has 3 N–H and O–H groups in total. The van der Waals surface area contributed by atoms with Crippen LogP contribution in [-0.4, -0.2) is 42.7 Å². The van der Waals surface area contributed by atoms with Gasteiger partial charge in [-0.25, -0.2) is 9.97 Å². The number of rotatable bonds is 9. The number of primary amides is 1. The molecule has 1 amide bonds. The van der Waals surface area contributed by atoms with E-state index in [1.807, 2.05) is 66.7 Å². The van der Waals surface area contributed by atoms with Gasteiger partial charge in [-0.3, -0.25) is 4.79 Å². The first-order chi connectivity index (χ1) is 18.1. The second kappa shape index (κ2) is 11.4. The van der Waals surface area contributed by atoms with E-state index in [1.54, 1.807) is 13.4 Å². The Morgan fingerprint density at radius 3 is 2.43 bits per heavy atom. The number of ether oxygens (including phenoxy) is 2. The van der Waals surface area contributed by atoms with Crippen LogP contribution < -0.4 is 20.5 Å². The molecular formula is C30H32N4O3. The number of methoxy groups -OCH3 is 1. The second-order valence-electron chi connectivity index (χ2n) is 9.50. The van der Waals surface area contributed by atoms with E-state index in [-0.39, 0.29) is 18.2 Å². The molecule has 4 aromatic rings. The lowest BCUT2D eigenvalue weighted by atomic mass is 9.87. The zero-order valence-electron chi connectivity index (χ0n) is 21.0. The van der Waals surface area contributed by atoms with Gasteiger partial charge in [0.2, 0.25) is 5.91 Å². The summed E-state index contributed by atoms with van der Waals surface area (Å²) in [7, 11) is 1.65. The molecule has 1 aliphatic heterocycles. The molecule has 1 fully saturated rings. The quantitative estimate of drug-likeness (QED) is 0.349. The number of carbonyl (C=O) groups excluding carboxylic acids is 1. The lowest BCUT2D eigenvalue weighted by Gasteiger charge is -2.23. The monoisotopic (exact) mass is 496 g/mol. The van der Waals surface area contributed by atoms with E-state index < -0.39 is 0 Å². The highest BCUT2D eigenvalue weighted by molar-refractivity contribution is 5.94. The fourth-order valence-electron chi connectivity index (χ4n) is 5.01. The average molecular weight is 497 g/mol. The molecule has 5 rings (SSSR count). The predicted octanol–water partition coefficient (Wildman–Crippen LogP) is 4.69. The summed E-state index contributed by atoms with van der Waals surface area (Å²) in [5.74, 6) is 1.47. The van der Waals surface area contributed by atoms with Crippen molar-refractivity contribution < 1.29 is 14.3 Å². The Bertz CT molecular complexity index is 1350. The van der Waals surface area contributed by atoms with Crippen molar-refractivity contribution >= 4 is 16.8 Å². The number of nitrogens with one attached hydrogen (secondary N) is 1. The van der Waals surface area contributed by atoms with Gasteiger partial charge in [-0.1, -0.05) is 54.6 Å². The summed E-state index contributed by atoms with van der Waals surface area (Å²) < 4.78 is 11.9. The molecule has 0 bridgehead atoms. The smallest absolute Gasteiger partial charge is 0.218 e. The van der Waals surface area contributed by atoms with Crippen LogP contribution >= 0.6 is 0 Å². The third-order valence-corrected chi connectivity index (χ3v) is 7.05. The van der Waals surface area contributed by atoms with Crippen LogP contribution in [-0.2, 0) is 4.79 Å². The number of nitrogens with zero attached hydrogens (tertiary/aromatic N) is 2. The predicted molar refractivity (Wildman–Crippen MR) is 145 cm³/mol. The Hall–Kier alpha value is -3.97. The number of benzene rings is 3. The molecule has 1 aromatic heterocycles. The molecule has 1 atom stereocenters. The minimum atomic E-state index is -0.329. The van der Waals surface area contributed by atoms with E-state index in [9.17, 15) is 4.79 Å². The lowest BCUT2D eigenvalue weighted by Crippen LogP contribution is -2.30. The zero-order chi connectivity index (χ0) is 25.6. The average Bonchev–Trinajstić information content (AvgIpc) is 2.95. The van der Waals surface area contributed by atoms with E-state index >= 15 is 0 Å². The third-order valence-electron chi connectivity index (χ3n) is 7.05. The van der Waals surface area contributed by atoms with Crippen molar-refractivity contribution in [2.24, 2.45) is 11.7 Å². The van der Waals surface area contributed by atoms with E-state index in [4.69, 9.17) is 15.2 Å². The third kappa shape index (κ3) is 5.73. The van der Waals surface area contributed by atoms with Crippen molar-refractivity contribution in [2.75, 3.05) is 26.8 Å². The number of aromatic nitrogens is 2. The van der Waals surface area contributed by atoms with Gasteiger partial charge in [0.15, 0.2) is 11.5 Å². The van der Waals surface area contributed by atoms with Gasteiger partial charge in [0.25, 0.3) is 0 Å². The van der Waals surface area contributed by atoms with Gasteiger partial charge >= 0.3 is 0 Å². The number of hydrogen-bond donors (Lipinski definition) is 2. The highest BCUT2D eigenvalue weighted by Crippen LogP contribution is 2.37. The van der Waals surface area contributed by atoms with Crippen LogP contribution in [0.25, 0.3) is 22.2 Å². The van der Waals surface area contributed by atoms with Gasteiger partial charge in [0, 0.05) is 29.4 Å². The number of fused-ring (bicyclic) bond motifs is 1. The molecule has 7 nitrogen and oxygen atoms in total. The van der Waals surface area contributed by atoms with Crippen LogP contribution in [0.2, 0.25) is 0 Å². The maximum absolute atomic E-state index is 11.8. The van der Waals surface area contributed by atoms with Crippen LogP contribution in [0.15, 0.2) is 73.1 Å². The molecule has 37 heavy (non-hydrogen) atoms. The van der Waals surface area contributed by atoms with Gasteiger partial charge in [-0.2, -0.15) is 0 Å². The maximum Gasteiger partial charge on any atom is 0.218 e. The molecule has 3 aromatic carbocycles. The van der Waals surface area contributed by atoms with Crippen molar-refractivity contribution in [1.82, 2.24) is 15.3 Å². The molecule has 2 heterocycles. The molecule has 1 unspecified atom stereocenters. The number of piperidine rings is 1. The fourth-order valence-corrected chi connectivity index (χ4v) is 5.01. The minimum absolute atomic E-state index is 0.102. The molecule has 1 aliphatic rings. The summed E-state index contributed by atoms with van der Waals surface area (Å²) >= 11 is 0. The zero-order valence-corrected chi connectivity index (χ0v) is 21.0. The normalized spacial score (nSPS) is 14.8. The maximum atomic E-state index is 11.8. The topological polar surface area (TPSA) is 99.4 Å². The van der Waals surface area contributed by atoms with Crippen molar-refractivity contribution in [1.29, 1.82) is 0 Å². The summed E-state index contributed by atoms with van der Waals surface area (Å²) in [5.41, 5.74) is 10.2. The molecule has 7 heteroatoms. The number of hydrogen-bond acceptors (Lipinski definition) is 6. The molecular weight excluding hydrogens is 464 g/mol. The SMILES string of the molecule is COc1cc2c(-c3ccc(C(CC(N)=O)c4ccccc4)cc3)ncnc2cc1OCC1CCNCC1. The first-order valence-electron chi connectivity index (χ1n) is 12.7. The lowest BCUT2D eigenvalue weighted by molar-refractivity contribution is -0.118. The van der Waals surface area contributed by atoms with Gasteiger partial charge < -0.3 is 20.5 Å². The summed E-state index contributed by atoms with van der Waals surface area (Å²) in [6.07, 6.45) is 4.05. The fraction of sp³-hybridized carbons (Fsp3) is 0.300. The Balaban J connectivity index is 1.44. The molecule has 0 radical (unpaired) electrons. The number of nitrogens with two attached hydrogens (primary N) is 1. The highest BCUT2D eigenvalue weighted by atomic mass is 16.5. The molecule has 0 aliphatic carbocycles. The van der Waals surface area contributed by atoms with Gasteiger partial charge in [-0.05, 0) is 49.0 Å². The van der Waals surface area contributed by atoms with Crippen molar-refractivity contribution in [2.45, 2.75) is 25.2 Å². The number of carbonyl (C=O) groups is 1. The summed E-state index contributed by atoms with van der Waals surface area (Å²) in [6.45, 7) is 2.73. The summed E-state index contributed by atoms with van der Waals surface area (Å²) in [6, 6.07) is 22.0. The Morgan fingerprint density at radius 2 is 1.73 bits per heavy atom. The van der Waals surface area contributed by atoms with E-state index in [2.05, 4.69) is 15.3 Å². The molecule has 0 spiro atoms. The largest absolute Gasteiger partial charge is 0.493 e. The van der Waals surface area contributed by atoms with Crippen LogP contribution in [0.5, 0.6) is 11.5 Å². The van der Waals surface area contributed by atoms with Crippen LogP contribution in [0, 0.1) is 5.92 Å². The Morgan fingerprint density at radius 1 is 1.00 bits per heavy atom. The summed E-state index contributed by atoms with van der Waals surface area (Å²) in [5, 5.41) is 4.28. The molecule has 190 valence electrons. The number of amides is 1. The minimum Gasteiger partial charge on any atom is -0.493 e. The Labute approximate surface area is 217 Å². The molecule has 0 saturated carbocycles. The second-order valence-corrected chi connectivity index (χ2v) is 9.50. The van der Waals surface area contributed by atoms with Gasteiger partial charge in [0.1, 0.15) is 6.33 Å². The van der Waals surface area contributed by atoms with E-state index in [1.165, 1.54) is 0 Å². The van der Waals surface area contributed by atoms with Crippen molar-refractivity contribution in [3.8, 4) is 22.8 Å². The van der Waals surface area contributed by atoms with Crippen molar-refractivity contribution in [3.05, 3.63) is 84.2 Å². The van der Waals surface area contributed by atoms with Crippen LogP contribution in [0.4, 0.5) is 0 Å². The van der Waals surface area contributed by atoms with Crippen LogP contribution in [0.3, 0.4) is 0 Å². The highest BCUT2D eigenvalue weighted by Gasteiger charge is 2.19. The van der Waals surface area contributed by atoms with Crippen LogP contribution in [0.1, 0.15) is 36.3 Å². The van der Waals surface area contributed by atoms with Crippen molar-refractivity contribution in [3.63, 3.8) is 0 Å².